The molecule has 0 fully saturated rings. The van der Waals surface area contributed by atoms with E-state index in [1.54, 1.807) is 118 Å². The van der Waals surface area contributed by atoms with Gasteiger partial charge in [0.05, 0.1) is 6.33 Å². The summed E-state index contributed by atoms with van der Waals surface area (Å²) < 4.78 is 11.1. The van der Waals surface area contributed by atoms with Crippen molar-refractivity contribution in [2.24, 2.45) is 11.8 Å². The molecule has 4 amide bonds. The number of carbonyl (C=O) groups excluding carboxylic acids is 6. The van der Waals surface area contributed by atoms with Crippen molar-refractivity contribution in [2.75, 3.05) is 0 Å². The van der Waals surface area contributed by atoms with E-state index in [2.05, 4.69) is 31.2 Å². The zero-order valence-electron chi connectivity index (χ0n) is 33.4. The van der Waals surface area contributed by atoms with E-state index in [-0.39, 0.29) is 36.1 Å². The van der Waals surface area contributed by atoms with E-state index in [4.69, 9.17) is 9.47 Å². The van der Waals surface area contributed by atoms with Crippen LogP contribution in [0.1, 0.15) is 101 Å². The van der Waals surface area contributed by atoms with Crippen LogP contribution in [-0.4, -0.2) is 80.9 Å². The Hall–Kier alpha value is -5.53. The Balaban J connectivity index is 1.88. The molecule has 1 aromatic heterocycles. The molecule has 0 aliphatic heterocycles. The highest BCUT2D eigenvalue weighted by Crippen LogP contribution is 2.16. The molecule has 4 atom stereocenters. The molecule has 4 unspecified atom stereocenters. The third-order valence-electron chi connectivity index (χ3n) is 8.14. The standard InChI is InChI=1S/C41H56N6O8/c1-24(2)30(38(52)54-40(5,6)7)46-34(48)28(21-26-17-13-11-14-18-26)44-36(50)32-33(43-23-42-32)37(51)45-29(22-27-19-15-12-16-20-27)35(49)47-31(25(3)4)39(53)55-41(8,9)10/h11-20,23-25,28-31H,21-22H2,1-10H3,(H,42,43)(H,44,50)(H,45,51)(H,46,48)(H,47,49). The van der Waals surface area contributed by atoms with Crippen molar-refractivity contribution in [1.29, 1.82) is 0 Å². The second-order valence-corrected chi connectivity index (χ2v) is 16.1. The Bertz CT molecular complexity index is 1650. The molecule has 2 aromatic carbocycles. The minimum absolute atomic E-state index is 0.0531. The molecule has 0 spiro atoms. The molecule has 55 heavy (non-hydrogen) atoms. The second-order valence-electron chi connectivity index (χ2n) is 16.1. The summed E-state index contributed by atoms with van der Waals surface area (Å²) in [5.41, 5.74) is -0.725. The van der Waals surface area contributed by atoms with Crippen LogP contribution in [0.3, 0.4) is 0 Å². The quantitative estimate of drug-likeness (QED) is 0.134. The van der Waals surface area contributed by atoms with Gasteiger partial charge in [-0.3, -0.25) is 19.2 Å². The zero-order valence-corrected chi connectivity index (χ0v) is 33.4. The SMILES string of the molecule is CC(C)C(NC(=O)C(Cc1ccccc1)NC(=O)c1nc[nH]c1C(=O)NC(Cc1ccccc1)C(=O)NC(C(=O)OC(C)(C)C)C(C)C)C(=O)OC(C)(C)C. The van der Waals surface area contributed by atoms with Crippen molar-refractivity contribution in [1.82, 2.24) is 31.2 Å². The van der Waals surface area contributed by atoms with Gasteiger partial charge in [0.25, 0.3) is 11.8 Å². The lowest BCUT2D eigenvalue weighted by atomic mass is 10.0. The van der Waals surface area contributed by atoms with Gasteiger partial charge in [0.2, 0.25) is 11.8 Å². The number of nitrogens with zero attached hydrogens (tertiary/aromatic N) is 1. The first-order valence-electron chi connectivity index (χ1n) is 18.4. The molecule has 298 valence electrons. The van der Waals surface area contributed by atoms with Crippen LogP contribution < -0.4 is 21.3 Å². The van der Waals surface area contributed by atoms with Gasteiger partial charge in [0.1, 0.15) is 41.1 Å². The molecule has 0 saturated carbocycles. The monoisotopic (exact) mass is 760 g/mol. The van der Waals surface area contributed by atoms with Crippen LogP contribution in [0.5, 0.6) is 0 Å². The second kappa shape index (κ2) is 19.2. The third-order valence-corrected chi connectivity index (χ3v) is 8.14. The molecule has 14 nitrogen and oxygen atoms in total. The van der Waals surface area contributed by atoms with Crippen LogP contribution in [0.2, 0.25) is 0 Å². The van der Waals surface area contributed by atoms with E-state index in [9.17, 15) is 28.8 Å². The summed E-state index contributed by atoms with van der Waals surface area (Å²) in [7, 11) is 0. The number of carbonyl (C=O) groups is 6. The average molecular weight is 761 g/mol. The van der Waals surface area contributed by atoms with Crippen LogP contribution in [0.4, 0.5) is 0 Å². The van der Waals surface area contributed by atoms with Crippen molar-refractivity contribution >= 4 is 35.6 Å². The number of benzene rings is 2. The predicted molar refractivity (Wildman–Crippen MR) is 207 cm³/mol. The highest BCUT2D eigenvalue weighted by atomic mass is 16.6. The first kappa shape index (κ1) is 43.9. The predicted octanol–water partition coefficient (Wildman–Crippen LogP) is 4.06. The number of rotatable bonds is 16. The fraction of sp³-hybridized carbons (Fsp3) is 0.488. The van der Waals surface area contributed by atoms with Gasteiger partial charge in [0.15, 0.2) is 5.69 Å². The lowest BCUT2D eigenvalue weighted by Crippen LogP contribution is -2.55. The van der Waals surface area contributed by atoms with Gasteiger partial charge in [-0.15, -0.1) is 0 Å². The van der Waals surface area contributed by atoms with Gasteiger partial charge in [-0.05, 0) is 64.5 Å². The lowest BCUT2D eigenvalue weighted by molar-refractivity contribution is -0.160. The number of hydrogen-bond acceptors (Lipinski definition) is 9. The normalized spacial score (nSPS) is 13.9. The summed E-state index contributed by atoms with van der Waals surface area (Å²) in [5.74, 6) is -4.88. The van der Waals surface area contributed by atoms with Crippen LogP contribution in [0.15, 0.2) is 67.0 Å². The molecule has 5 N–H and O–H groups in total. The van der Waals surface area contributed by atoms with E-state index >= 15 is 0 Å². The summed E-state index contributed by atoms with van der Waals surface area (Å²) in [4.78, 5) is 88.1. The van der Waals surface area contributed by atoms with Crippen LogP contribution in [-0.2, 0) is 41.5 Å². The highest BCUT2D eigenvalue weighted by molar-refractivity contribution is 6.07. The Morgan fingerprint density at radius 1 is 0.600 bits per heavy atom. The molecule has 1 heterocycles. The zero-order chi connectivity index (χ0) is 41.1. The Labute approximate surface area is 323 Å². The van der Waals surface area contributed by atoms with Crippen LogP contribution >= 0.6 is 0 Å². The number of esters is 2. The van der Waals surface area contributed by atoms with E-state index in [1.165, 1.54) is 0 Å². The maximum atomic E-state index is 13.8. The molecule has 0 aliphatic rings. The number of nitrogens with one attached hydrogen (secondary N) is 5. The summed E-state index contributed by atoms with van der Waals surface area (Å²) in [6.07, 6.45) is 1.26. The van der Waals surface area contributed by atoms with E-state index in [0.717, 1.165) is 17.5 Å². The van der Waals surface area contributed by atoms with Gasteiger partial charge in [-0.2, -0.15) is 0 Å². The van der Waals surface area contributed by atoms with Gasteiger partial charge < -0.3 is 35.7 Å². The first-order chi connectivity index (χ1) is 25.6. The Morgan fingerprint density at radius 2 is 0.982 bits per heavy atom. The van der Waals surface area contributed by atoms with Gasteiger partial charge in [-0.1, -0.05) is 88.4 Å². The maximum absolute atomic E-state index is 13.8. The minimum Gasteiger partial charge on any atom is -0.458 e. The van der Waals surface area contributed by atoms with E-state index in [0.29, 0.717) is 0 Å². The molecular formula is C41H56N6O8. The number of H-pyrrole nitrogens is 1. The highest BCUT2D eigenvalue weighted by Gasteiger charge is 2.35. The number of imidazole rings is 1. The molecule has 3 rings (SSSR count). The van der Waals surface area contributed by atoms with Gasteiger partial charge in [-0.25, -0.2) is 14.6 Å². The fourth-order valence-corrected chi connectivity index (χ4v) is 5.45. The minimum atomic E-state index is -1.19. The number of aromatic amines is 1. The van der Waals surface area contributed by atoms with Crippen molar-refractivity contribution in [3.8, 4) is 0 Å². The number of amides is 4. The molecule has 14 heteroatoms. The molecule has 0 bridgehead atoms. The van der Waals surface area contributed by atoms with E-state index < -0.39 is 70.9 Å². The van der Waals surface area contributed by atoms with Gasteiger partial charge in [0, 0.05) is 12.8 Å². The number of aromatic nitrogens is 2. The van der Waals surface area contributed by atoms with E-state index in [1.807, 2.05) is 12.1 Å². The van der Waals surface area contributed by atoms with Crippen molar-refractivity contribution in [2.45, 2.75) is 117 Å². The largest absolute Gasteiger partial charge is 0.458 e. The molecule has 3 aromatic rings. The van der Waals surface area contributed by atoms with Crippen LogP contribution in [0.25, 0.3) is 0 Å². The molecule has 0 aliphatic carbocycles. The topological polar surface area (TPSA) is 198 Å². The summed E-state index contributed by atoms with van der Waals surface area (Å²) >= 11 is 0. The molecule has 0 saturated heterocycles. The van der Waals surface area contributed by atoms with Crippen molar-refractivity contribution in [3.05, 3.63) is 89.5 Å². The Morgan fingerprint density at radius 3 is 1.35 bits per heavy atom. The summed E-state index contributed by atoms with van der Waals surface area (Å²) in [5, 5.41) is 10.9. The summed E-state index contributed by atoms with van der Waals surface area (Å²) in [6, 6.07) is 13.6. The molecular weight excluding hydrogens is 704 g/mol. The first-order valence-corrected chi connectivity index (χ1v) is 18.4. The van der Waals surface area contributed by atoms with Crippen LogP contribution in [0, 0.1) is 11.8 Å². The average Bonchev–Trinajstić information content (AvgIpc) is 3.58. The van der Waals surface area contributed by atoms with Crippen molar-refractivity contribution < 1.29 is 38.2 Å². The van der Waals surface area contributed by atoms with Crippen molar-refractivity contribution in [3.63, 3.8) is 0 Å². The maximum Gasteiger partial charge on any atom is 0.329 e. The number of ether oxygens (including phenoxy) is 2. The third kappa shape index (κ3) is 14.0. The fourth-order valence-electron chi connectivity index (χ4n) is 5.45. The Kier molecular flexibility index (Phi) is 15.3. The smallest absolute Gasteiger partial charge is 0.329 e. The van der Waals surface area contributed by atoms with Gasteiger partial charge >= 0.3 is 11.9 Å². The lowest BCUT2D eigenvalue weighted by Gasteiger charge is -2.28. The number of hydrogen-bond donors (Lipinski definition) is 5. The molecule has 0 radical (unpaired) electrons. The summed E-state index contributed by atoms with van der Waals surface area (Å²) in [6.45, 7) is 17.4.